The smallest absolute Gasteiger partial charge is 0.264 e. The fourth-order valence-electron chi connectivity index (χ4n) is 3.56. The van der Waals surface area contributed by atoms with E-state index in [4.69, 9.17) is 0 Å². The average molecular weight is 385 g/mol. The lowest BCUT2D eigenvalue weighted by Gasteiger charge is -2.27. The van der Waals surface area contributed by atoms with Gasteiger partial charge in [0.2, 0.25) is 11.8 Å². The number of fused-ring (bicyclic) bond motifs is 1. The maximum absolute atomic E-state index is 12.9. The van der Waals surface area contributed by atoms with Crippen molar-refractivity contribution in [3.05, 3.63) is 29.3 Å². The van der Waals surface area contributed by atoms with E-state index >= 15 is 0 Å². The average Bonchev–Trinajstić information content (AvgIpc) is 2.90. The van der Waals surface area contributed by atoms with E-state index in [1.165, 1.54) is 0 Å². The highest BCUT2D eigenvalue weighted by atomic mass is 16.2. The predicted molar refractivity (Wildman–Crippen MR) is 101 cm³/mol. The Morgan fingerprint density at radius 1 is 1.14 bits per heavy atom. The molecule has 4 amide bonds. The van der Waals surface area contributed by atoms with Gasteiger partial charge in [0.15, 0.2) is 0 Å². The molecule has 1 aromatic carbocycles. The maximum Gasteiger partial charge on any atom is 0.264 e. The Balaban J connectivity index is 1.69. The van der Waals surface area contributed by atoms with Gasteiger partial charge in [-0.25, -0.2) is 0 Å². The fraction of sp³-hybridized carbons (Fsp3) is 0.450. The summed E-state index contributed by atoms with van der Waals surface area (Å²) in [5.74, 6) is -1.88. The Labute approximate surface area is 162 Å². The number of imide groups is 2. The van der Waals surface area contributed by atoms with Crippen molar-refractivity contribution in [1.82, 2.24) is 10.2 Å². The molecule has 1 fully saturated rings. The molecule has 28 heavy (non-hydrogen) atoms. The fourth-order valence-corrected chi connectivity index (χ4v) is 3.56. The SMILES string of the molecule is CC(=O)CCCCCNc1cccc2c1C(=O)N(C1CCC(=O)NC1=O)C2=O. The van der Waals surface area contributed by atoms with Gasteiger partial charge in [-0.05, 0) is 38.3 Å². The van der Waals surface area contributed by atoms with E-state index in [9.17, 15) is 24.0 Å². The number of carbonyl (C=O) groups excluding carboxylic acids is 5. The summed E-state index contributed by atoms with van der Waals surface area (Å²) in [6.07, 6.45) is 3.33. The number of ketones is 1. The Hall–Kier alpha value is -3.03. The molecule has 148 valence electrons. The summed E-state index contributed by atoms with van der Waals surface area (Å²) >= 11 is 0. The van der Waals surface area contributed by atoms with Gasteiger partial charge in [-0.15, -0.1) is 0 Å². The van der Waals surface area contributed by atoms with Gasteiger partial charge in [-0.2, -0.15) is 0 Å². The summed E-state index contributed by atoms with van der Waals surface area (Å²) in [6.45, 7) is 2.18. The van der Waals surface area contributed by atoms with Crippen molar-refractivity contribution in [3.63, 3.8) is 0 Å². The molecule has 2 aliphatic rings. The molecule has 1 atom stereocenters. The van der Waals surface area contributed by atoms with Crippen LogP contribution in [0.1, 0.15) is 66.2 Å². The molecule has 3 rings (SSSR count). The quantitative estimate of drug-likeness (QED) is 0.520. The number of unbranched alkanes of at least 4 members (excludes halogenated alkanes) is 2. The van der Waals surface area contributed by atoms with E-state index in [2.05, 4.69) is 10.6 Å². The van der Waals surface area contributed by atoms with Crippen LogP contribution < -0.4 is 10.6 Å². The zero-order valence-corrected chi connectivity index (χ0v) is 15.7. The molecule has 1 saturated heterocycles. The summed E-state index contributed by atoms with van der Waals surface area (Å²) in [7, 11) is 0. The summed E-state index contributed by atoms with van der Waals surface area (Å²) < 4.78 is 0. The molecule has 2 N–H and O–H groups in total. The van der Waals surface area contributed by atoms with Crippen LogP contribution in [0.15, 0.2) is 18.2 Å². The maximum atomic E-state index is 12.9. The minimum absolute atomic E-state index is 0.0924. The van der Waals surface area contributed by atoms with Crippen LogP contribution in [0.5, 0.6) is 0 Å². The van der Waals surface area contributed by atoms with Crippen molar-refractivity contribution in [2.75, 3.05) is 11.9 Å². The molecule has 1 aromatic rings. The number of anilines is 1. The zero-order valence-electron chi connectivity index (χ0n) is 15.7. The van der Waals surface area contributed by atoms with E-state index in [0.717, 1.165) is 24.2 Å². The Bertz CT molecular complexity index is 848. The second-order valence-electron chi connectivity index (χ2n) is 7.11. The van der Waals surface area contributed by atoms with Gasteiger partial charge in [0.05, 0.1) is 11.1 Å². The molecule has 0 spiro atoms. The van der Waals surface area contributed by atoms with E-state index in [1.54, 1.807) is 25.1 Å². The Kier molecular flexibility index (Phi) is 5.87. The van der Waals surface area contributed by atoms with E-state index in [1.807, 2.05) is 0 Å². The molecule has 0 saturated carbocycles. The first-order valence-electron chi connectivity index (χ1n) is 9.48. The molecule has 0 aliphatic carbocycles. The number of carbonyl (C=O) groups is 5. The number of hydrogen-bond donors (Lipinski definition) is 2. The second-order valence-corrected chi connectivity index (χ2v) is 7.11. The van der Waals surface area contributed by atoms with Gasteiger partial charge in [0, 0.05) is 25.1 Å². The summed E-state index contributed by atoms with van der Waals surface area (Å²) in [5, 5.41) is 5.37. The van der Waals surface area contributed by atoms with Crippen LogP contribution in [0, 0.1) is 0 Å². The number of hydrogen-bond acceptors (Lipinski definition) is 6. The third-order valence-corrected chi connectivity index (χ3v) is 4.99. The monoisotopic (exact) mass is 385 g/mol. The summed E-state index contributed by atoms with van der Waals surface area (Å²) in [6, 6.07) is 4.02. The highest BCUT2D eigenvalue weighted by molar-refractivity contribution is 6.25. The van der Waals surface area contributed by atoms with Crippen LogP contribution in [0.4, 0.5) is 5.69 Å². The van der Waals surface area contributed by atoms with Crippen LogP contribution >= 0.6 is 0 Å². The van der Waals surface area contributed by atoms with Crippen molar-refractivity contribution >= 4 is 35.1 Å². The van der Waals surface area contributed by atoms with Crippen molar-refractivity contribution in [2.24, 2.45) is 0 Å². The zero-order chi connectivity index (χ0) is 20.3. The molecule has 8 heteroatoms. The molecule has 0 radical (unpaired) electrons. The first-order chi connectivity index (χ1) is 13.4. The minimum Gasteiger partial charge on any atom is -0.384 e. The molecular formula is C20H23N3O5. The van der Waals surface area contributed by atoms with Crippen molar-refractivity contribution < 1.29 is 24.0 Å². The largest absolute Gasteiger partial charge is 0.384 e. The normalized spacial score (nSPS) is 18.9. The molecule has 0 aromatic heterocycles. The van der Waals surface area contributed by atoms with Gasteiger partial charge < -0.3 is 10.1 Å². The molecular weight excluding hydrogens is 362 g/mol. The third-order valence-electron chi connectivity index (χ3n) is 4.99. The number of piperidine rings is 1. The van der Waals surface area contributed by atoms with Crippen molar-refractivity contribution in [3.8, 4) is 0 Å². The Morgan fingerprint density at radius 2 is 1.93 bits per heavy atom. The Morgan fingerprint density at radius 3 is 2.64 bits per heavy atom. The third kappa shape index (κ3) is 3.95. The van der Waals surface area contributed by atoms with Crippen LogP contribution in [0.3, 0.4) is 0 Å². The molecule has 8 nitrogen and oxygen atoms in total. The number of nitrogens with zero attached hydrogens (tertiary/aromatic N) is 1. The topological polar surface area (TPSA) is 113 Å². The van der Waals surface area contributed by atoms with E-state index in [0.29, 0.717) is 18.7 Å². The number of amides is 4. The van der Waals surface area contributed by atoms with Crippen molar-refractivity contribution in [1.29, 1.82) is 0 Å². The van der Waals surface area contributed by atoms with E-state index < -0.39 is 29.7 Å². The van der Waals surface area contributed by atoms with Crippen molar-refractivity contribution in [2.45, 2.75) is 51.5 Å². The van der Waals surface area contributed by atoms with Gasteiger partial charge in [0.1, 0.15) is 11.8 Å². The first-order valence-corrected chi connectivity index (χ1v) is 9.48. The van der Waals surface area contributed by atoms with Crippen LogP contribution in [0.2, 0.25) is 0 Å². The van der Waals surface area contributed by atoms with Gasteiger partial charge in [0.25, 0.3) is 11.8 Å². The summed E-state index contributed by atoms with van der Waals surface area (Å²) in [4.78, 5) is 61.1. The van der Waals surface area contributed by atoms with Crippen LogP contribution in [-0.2, 0) is 14.4 Å². The van der Waals surface area contributed by atoms with Crippen LogP contribution in [-0.4, -0.2) is 46.9 Å². The lowest BCUT2D eigenvalue weighted by Crippen LogP contribution is -2.54. The van der Waals surface area contributed by atoms with Gasteiger partial charge >= 0.3 is 0 Å². The number of nitrogens with one attached hydrogen (secondary N) is 2. The standard InChI is InChI=1S/C20H23N3O5/c1-12(24)6-3-2-4-11-21-14-8-5-7-13-17(14)20(28)23(19(13)27)15-9-10-16(25)22-18(15)26/h5,7-8,15,21H,2-4,6,9-11H2,1H3,(H,22,25,26). The molecule has 1 unspecified atom stereocenters. The first kappa shape index (κ1) is 19.7. The molecule has 0 bridgehead atoms. The van der Waals surface area contributed by atoms with Gasteiger partial charge in [-0.3, -0.25) is 29.4 Å². The highest BCUT2D eigenvalue weighted by Gasteiger charge is 2.45. The minimum atomic E-state index is -0.968. The number of rotatable bonds is 8. The highest BCUT2D eigenvalue weighted by Crippen LogP contribution is 2.32. The van der Waals surface area contributed by atoms with Gasteiger partial charge in [-0.1, -0.05) is 12.5 Å². The lowest BCUT2D eigenvalue weighted by atomic mass is 10.0. The number of Topliss-reactive ketones (excluding diaryl/α,β-unsaturated/α-hetero) is 1. The lowest BCUT2D eigenvalue weighted by molar-refractivity contribution is -0.136. The molecule has 2 aliphatic heterocycles. The van der Waals surface area contributed by atoms with Crippen LogP contribution in [0.25, 0.3) is 0 Å². The van der Waals surface area contributed by atoms with E-state index in [-0.39, 0.29) is 29.8 Å². The second kappa shape index (κ2) is 8.33. The molecule has 2 heterocycles. The number of benzene rings is 1. The summed E-state index contributed by atoms with van der Waals surface area (Å²) in [5.41, 5.74) is 1.08. The predicted octanol–water partition coefficient (Wildman–Crippen LogP) is 1.65.